The Labute approximate surface area is 107 Å². The normalized spacial score (nSPS) is 16.9. The smallest absolute Gasteiger partial charge is 0.226 e. The van der Waals surface area contributed by atoms with Crippen LogP contribution in [0.25, 0.3) is 11.5 Å². The van der Waals surface area contributed by atoms with E-state index in [2.05, 4.69) is 34.6 Å². The fraction of sp³-hybridized carbons (Fsp3) is 0.400. The van der Waals surface area contributed by atoms with Crippen LogP contribution in [-0.4, -0.2) is 18.1 Å². The molecule has 2 aromatic rings. The molecule has 0 saturated carbocycles. The highest BCUT2D eigenvalue weighted by Crippen LogP contribution is 2.27. The van der Waals surface area contributed by atoms with Crippen LogP contribution >= 0.6 is 0 Å². The number of aromatic nitrogens is 1. The largest absolute Gasteiger partial charge is 0.444 e. The summed E-state index contributed by atoms with van der Waals surface area (Å²) in [6, 6.07) is 8.65. The number of nitrogens with one attached hydrogen (secondary N) is 1. The van der Waals surface area contributed by atoms with E-state index < -0.39 is 0 Å². The van der Waals surface area contributed by atoms with Crippen molar-refractivity contribution in [2.45, 2.75) is 25.7 Å². The molecule has 1 aliphatic heterocycles. The molecule has 0 aliphatic carbocycles. The Bertz CT molecular complexity index is 510. The molecule has 1 N–H and O–H groups in total. The first-order chi connectivity index (χ1) is 8.83. The number of hydrogen-bond acceptors (Lipinski definition) is 3. The second-order valence-corrected chi connectivity index (χ2v) is 4.94. The minimum Gasteiger partial charge on any atom is -0.444 e. The molecule has 3 nitrogen and oxygen atoms in total. The Hall–Kier alpha value is -1.61. The standard InChI is InChI=1S/C15H18N2O/c1-11-10-18-15(17-11)14-4-2-12(3-5-14)13-6-8-16-9-7-13/h2-5,10,13,16H,6-9H2,1H3. The van der Waals surface area contributed by atoms with Gasteiger partial charge < -0.3 is 9.73 Å². The van der Waals surface area contributed by atoms with Crippen molar-refractivity contribution in [3.8, 4) is 11.5 Å². The quantitative estimate of drug-likeness (QED) is 0.879. The third-order valence-electron chi connectivity index (χ3n) is 3.59. The number of rotatable bonds is 2. The summed E-state index contributed by atoms with van der Waals surface area (Å²) in [6.45, 7) is 4.20. The lowest BCUT2D eigenvalue weighted by molar-refractivity contribution is 0.460. The Morgan fingerprint density at radius 3 is 2.50 bits per heavy atom. The predicted octanol–water partition coefficient (Wildman–Crippen LogP) is 3.12. The Kier molecular flexibility index (Phi) is 3.15. The van der Waals surface area contributed by atoms with Crippen LogP contribution in [0.5, 0.6) is 0 Å². The molecule has 1 saturated heterocycles. The van der Waals surface area contributed by atoms with E-state index in [0.717, 1.165) is 24.3 Å². The van der Waals surface area contributed by atoms with E-state index in [-0.39, 0.29) is 0 Å². The zero-order valence-electron chi connectivity index (χ0n) is 10.6. The molecule has 1 aromatic carbocycles. The van der Waals surface area contributed by atoms with E-state index in [9.17, 15) is 0 Å². The van der Waals surface area contributed by atoms with Crippen LogP contribution in [0.3, 0.4) is 0 Å². The van der Waals surface area contributed by atoms with Gasteiger partial charge in [-0.1, -0.05) is 12.1 Å². The van der Waals surface area contributed by atoms with Crippen molar-refractivity contribution in [3.05, 3.63) is 41.8 Å². The first kappa shape index (κ1) is 11.5. The van der Waals surface area contributed by atoms with E-state index in [0.29, 0.717) is 11.8 Å². The maximum atomic E-state index is 5.41. The summed E-state index contributed by atoms with van der Waals surface area (Å²) in [7, 11) is 0. The van der Waals surface area contributed by atoms with Gasteiger partial charge in [0.2, 0.25) is 5.89 Å². The molecule has 2 heterocycles. The topological polar surface area (TPSA) is 38.1 Å². The van der Waals surface area contributed by atoms with Crippen LogP contribution in [0, 0.1) is 6.92 Å². The fourth-order valence-electron chi connectivity index (χ4n) is 2.54. The van der Waals surface area contributed by atoms with Gasteiger partial charge in [-0.15, -0.1) is 0 Å². The van der Waals surface area contributed by atoms with Crippen LogP contribution in [0.2, 0.25) is 0 Å². The SMILES string of the molecule is Cc1coc(-c2ccc(C3CCNCC3)cc2)n1. The monoisotopic (exact) mass is 242 g/mol. The number of benzene rings is 1. The lowest BCUT2D eigenvalue weighted by Crippen LogP contribution is -2.26. The van der Waals surface area contributed by atoms with Crippen LogP contribution < -0.4 is 5.32 Å². The van der Waals surface area contributed by atoms with Gasteiger partial charge >= 0.3 is 0 Å². The van der Waals surface area contributed by atoms with Gasteiger partial charge in [-0.25, -0.2) is 4.98 Å². The number of piperidine rings is 1. The third kappa shape index (κ3) is 2.31. The van der Waals surface area contributed by atoms with Gasteiger partial charge in [0.1, 0.15) is 6.26 Å². The maximum absolute atomic E-state index is 5.41. The first-order valence-corrected chi connectivity index (χ1v) is 6.56. The Morgan fingerprint density at radius 1 is 1.17 bits per heavy atom. The highest BCUT2D eigenvalue weighted by molar-refractivity contribution is 5.54. The zero-order valence-corrected chi connectivity index (χ0v) is 10.6. The van der Waals surface area contributed by atoms with Crippen molar-refractivity contribution < 1.29 is 4.42 Å². The summed E-state index contributed by atoms with van der Waals surface area (Å²) in [5, 5.41) is 3.40. The van der Waals surface area contributed by atoms with E-state index >= 15 is 0 Å². The predicted molar refractivity (Wildman–Crippen MR) is 71.5 cm³/mol. The second kappa shape index (κ2) is 4.94. The molecule has 94 valence electrons. The van der Waals surface area contributed by atoms with Gasteiger partial charge in [0.05, 0.1) is 5.69 Å². The molecule has 0 spiro atoms. The van der Waals surface area contributed by atoms with Gasteiger partial charge in [0.25, 0.3) is 0 Å². The molecule has 1 fully saturated rings. The first-order valence-electron chi connectivity index (χ1n) is 6.56. The fourth-order valence-corrected chi connectivity index (χ4v) is 2.54. The summed E-state index contributed by atoms with van der Waals surface area (Å²) in [5.74, 6) is 1.41. The van der Waals surface area contributed by atoms with Crippen molar-refractivity contribution in [3.63, 3.8) is 0 Å². The van der Waals surface area contributed by atoms with E-state index in [1.165, 1.54) is 18.4 Å². The van der Waals surface area contributed by atoms with Gasteiger partial charge in [0.15, 0.2) is 0 Å². The summed E-state index contributed by atoms with van der Waals surface area (Å²) in [5.41, 5.74) is 3.41. The lowest BCUT2D eigenvalue weighted by Gasteiger charge is -2.22. The molecule has 1 aliphatic rings. The molecular formula is C15H18N2O. The lowest BCUT2D eigenvalue weighted by atomic mass is 9.90. The van der Waals surface area contributed by atoms with Gasteiger partial charge in [-0.05, 0) is 56.5 Å². The Balaban J connectivity index is 1.80. The molecule has 0 unspecified atom stereocenters. The van der Waals surface area contributed by atoms with Crippen LogP contribution in [0.1, 0.15) is 30.0 Å². The average molecular weight is 242 g/mol. The van der Waals surface area contributed by atoms with Crippen molar-refractivity contribution in [2.24, 2.45) is 0 Å². The van der Waals surface area contributed by atoms with E-state index in [1.807, 2.05) is 6.92 Å². The van der Waals surface area contributed by atoms with Crippen LogP contribution in [-0.2, 0) is 0 Å². The number of nitrogens with zero attached hydrogens (tertiary/aromatic N) is 1. The second-order valence-electron chi connectivity index (χ2n) is 4.94. The Morgan fingerprint density at radius 2 is 1.89 bits per heavy atom. The molecular weight excluding hydrogens is 224 g/mol. The van der Waals surface area contributed by atoms with Crippen molar-refractivity contribution in [1.82, 2.24) is 10.3 Å². The highest BCUT2D eigenvalue weighted by Gasteiger charge is 2.15. The summed E-state index contributed by atoms with van der Waals surface area (Å²) >= 11 is 0. The summed E-state index contributed by atoms with van der Waals surface area (Å²) < 4.78 is 5.41. The molecule has 3 heteroatoms. The summed E-state index contributed by atoms with van der Waals surface area (Å²) in [6.07, 6.45) is 4.16. The van der Waals surface area contributed by atoms with Crippen molar-refractivity contribution >= 4 is 0 Å². The van der Waals surface area contributed by atoms with Crippen molar-refractivity contribution in [1.29, 1.82) is 0 Å². The van der Waals surface area contributed by atoms with E-state index in [1.54, 1.807) is 6.26 Å². The molecule has 0 amide bonds. The zero-order chi connectivity index (χ0) is 12.4. The minimum atomic E-state index is 0.701. The number of hydrogen-bond donors (Lipinski definition) is 1. The minimum absolute atomic E-state index is 0.701. The molecule has 0 atom stereocenters. The van der Waals surface area contributed by atoms with Crippen molar-refractivity contribution in [2.75, 3.05) is 13.1 Å². The van der Waals surface area contributed by atoms with Crippen LogP contribution in [0.4, 0.5) is 0 Å². The molecule has 0 radical (unpaired) electrons. The average Bonchev–Trinajstić information content (AvgIpc) is 2.87. The molecule has 1 aromatic heterocycles. The van der Waals surface area contributed by atoms with E-state index in [4.69, 9.17) is 4.42 Å². The van der Waals surface area contributed by atoms with Gasteiger partial charge in [-0.2, -0.15) is 0 Å². The molecule has 3 rings (SSSR count). The number of aryl methyl sites for hydroxylation is 1. The molecule has 0 bridgehead atoms. The summed E-state index contributed by atoms with van der Waals surface area (Å²) in [4.78, 5) is 4.35. The highest BCUT2D eigenvalue weighted by atomic mass is 16.3. The molecule has 18 heavy (non-hydrogen) atoms. The van der Waals surface area contributed by atoms with Gasteiger partial charge in [0, 0.05) is 5.56 Å². The number of oxazole rings is 1. The van der Waals surface area contributed by atoms with Crippen LogP contribution in [0.15, 0.2) is 34.9 Å². The third-order valence-corrected chi connectivity index (χ3v) is 3.59. The maximum Gasteiger partial charge on any atom is 0.226 e. The van der Waals surface area contributed by atoms with Gasteiger partial charge in [-0.3, -0.25) is 0 Å².